The minimum atomic E-state index is -0.241. The maximum Gasteiger partial charge on any atom is 0.271 e. The van der Waals surface area contributed by atoms with Gasteiger partial charge in [0.15, 0.2) is 0 Å². The van der Waals surface area contributed by atoms with Crippen LogP contribution in [0.25, 0.3) is 0 Å². The van der Waals surface area contributed by atoms with Crippen LogP contribution in [0, 0.1) is 0 Å². The second-order valence-corrected chi connectivity index (χ2v) is 6.03. The summed E-state index contributed by atoms with van der Waals surface area (Å²) in [5.41, 5.74) is 3.54. The Kier molecular flexibility index (Phi) is 5.59. The van der Waals surface area contributed by atoms with Crippen molar-refractivity contribution in [3.63, 3.8) is 0 Å². The predicted octanol–water partition coefficient (Wildman–Crippen LogP) is 4.27. The highest BCUT2D eigenvalue weighted by atomic mass is 16.1. The van der Waals surface area contributed by atoms with E-state index in [-0.39, 0.29) is 11.9 Å². The molecule has 3 rings (SSSR count). The monoisotopic (exact) mass is 346 g/mol. The van der Waals surface area contributed by atoms with Crippen LogP contribution >= 0.6 is 0 Å². The van der Waals surface area contributed by atoms with Crippen LogP contribution in [0.2, 0.25) is 0 Å². The molecule has 0 saturated heterocycles. The molecule has 5 heteroatoms. The Balaban J connectivity index is 1.66. The first-order valence-corrected chi connectivity index (χ1v) is 8.70. The molecular formula is C21H22N4O. The van der Waals surface area contributed by atoms with Crippen molar-refractivity contribution in [2.45, 2.75) is 26.3 Å². The van der Waals surface area contributed by atoms with Crippen molar-refractivity contribution in [1.29, 1.82) is 0 Å². The summed E-state index contributed by atoms with van der Waals surface area (Å²) in [7, 11) is 0. The maximum atomic E-state index is 12.4. The molecule has 0 radical (unpaired) electrons. The molecule has 1 aromatic heterocycles. The van der Waals surface area contributed by atoms with Gasteiger partial charge in [0.05, 0.1) is 18.4 Å². The Morgan fingerprint density at radius 2 is 1.73 bits per heavy atom. The third kappa shape index (κ3) is 4.25. The molecule has 1 amide bonds. The first-order valence-electron chi connectivity index (χ1n) is 8.70. The third-order valence-electron chi connectivity index (χ3n) is 4.19. The number of hydrogen-bond donors (Lipinski definition) is 2. The van der Waals surface area contributed by atoms with Crippen LogP contribution in [0.1, 0.15) is 41.5 Å². The molecule has 1 unspecified atom stereocenters. The summed E-state index contributed by atoms with van der Waals surface area (Å²) in [6, 6.07) is 17.8. The standard InChI is InChI=1S/C21H22N4O/c1-3-16-9-7-8-12-18(16)25-20-14-22-19(13-23-20)21(26)24-15(2)17-10-5-4-6-11-17/h4-15H,3H2,1-2H3,(H,23,25)(H,24,26). The van der Waals surface area contributed by atoms with E-state index in [9.17, 15) is 4.79 Å². The molecule has 2 aromatic carbocycles. The van der Waals surface area contributed by atoms with Gasteiger partial charge in [0.2, 0.25) is 0 Å². The fourth-order valence-corrected chi connectivity index (χ4v) is 2.69. The Morgan fingerprint density at radius 1 is 1.00 bits per heavy atom. The van der Waals surface area contributed by atoms with Gasteiger partial charge >= 0.3 is 0 Å². The average molecular weight is 346 g/mol. The number of hydrogen-bond acceptors (Lipinski definition) is 4. The molecule has 5 nitrogen and oxygen atoms in total. The zero-order valence-electron chi connectivity index (χ0n) is 14.9. The molecule has 3 aromatic rings. The molecule has 1 heterocycles. The lowest BCUT2D eigenvalue weighted by atomic mass is 10.1. The molecule has 0 aliphatic carbocycles. The van der Waals surface area contributed by atoms with Gasteiger partial charge < -0.3 is 10.6 Å². The molecule has 0 fully saturated rings. The highest BCUT2D eigenvalue weighted by molar-refractivity contribution is 5.92. The number of aromatic nitrogens is 2. The lowest BCUT2D eigenvalue weighted by molar-refractivity contribution is 0.0934. The summed E-state index contributed by atoms with van der Waals surface area (Å²) in [5.74, 6) is 0.368. The van der Waals surface area contributed by atoms with Gasteiger partial charge in [0, 0.05) is 5.69 Å². The molecule has 0 aliphatic rings. The van der Waals surface area contributed by atoms with E-state index in [0.717, 1.165) is 17.7 Å². The van der Waals surface area contributed by atoms with E-state index in [0.29, 0.717) is 11.5 Å². The Bertz CT molecular complexity index is 863. The fraction of sp³-hybridized carbons (Fsp3) is 0.190. The van der Waals surface area contributed by atoms with E-state index in [1.165, 1.54) is 11.8 Å². The van der Waals surface area contributed by atoms with E-state index in [2.05, 4.69) is 33.6 Å². The van der Waals surface area contributed by atoms with E-state index >= 15 is 0 Å². The summed E-state index contributed by atoms with van der Waals surface area (Å²) in [6.45, 7) is 4.05. The molecule has 0 bridgehead atoms. The summed E-state index contributed by atoms with van der Waals surface area (Å²) in [6.07, 6.45) is 3.99. The number of carbonyl (C=O) groups excluding carboxylic acids is 1. The van der Waals surface area contributed by atoms with Crippen molar-refractivity contribution < 1.29 is 4.79 Å². The van der Waals surface area contributed by atoms with Crippen molar-refractivity contribution in [2.75, 3.05) is 5.32 Å². The van der Waals surface area contributed by atoms with Gasteiger partial charge in [-0.05, 0) is 30.5 Å². The van der Waals surface area contributed by atoms with Gasteiger partial charge in [-0.25, -0.2) is 9.97 Å². The molecule has 0 saturated carbocycles. The van der Waals surface area contributed by atoms with Crippen LogP contribution in [-0.2, 0) is 6.42 Å². The Morgan fingerprint density at radius 3 is 2.42 bits per heavy atom. The van der Waals surface area contributed by atoms with Gasteiger partial charge in [-0.3, -0.25) is 4.79 Å². The highest BCUT2D eigenvalue weighted by Crippen LogP contribution is 2.19. The number of nitrogens with zero attached hydrogens (tertiary/aromatic N) is 2. The second-order valence-electron chi connectivity index (χ2n) is 6.03. The molecule has 0 spiro atoms. The van der Waals surface area contributed by atoms with Crippen LogP contribution in [0.3, 0.4) is 0 Å². The summed E-state index contributed by atoms with van der Waals surface area (Å²) in [5, 5.41) is 6.19. The number of rotatable bonds is 6. The van der Waals surface area contributed by atoms with Crippen molar-refractivity contribution in [3.05, 3.63) is 83.8 Å². The van der Waals surface area contributed by atoms with Crippen LogP contribution in [0.5, 0.6) is 0 Å². The van der Waals surface area contributed by atoms with Crippen molar-refractivity contribution in [3.8, 4) is 0 Å². The van der Waals surface area contributed by atoms with Crippen molar-refractivity contribution >= 4 is 17.4 Å². The highest BCUT2D eigenvalue weighted by Gasteiger charge is 2.13. The largest absolute Gasteiger partial charge is 0.344 e. The molecule has 0 aliphatic heterocycles. The van der Waals surface area contributed by atoms with Crippen molar-refractivity contribution in [2.24, 2.45) is 0 Å². The van der Waals surface area contributed by atoms with Crippen LogP contribution in [0.4, 0.5) is 11.5 Å². The van der Waals surface area contributed by atoms with E-state index < -0.39 is 0 Å². The molecule has 1 atom stereocenters. The number of aryl methyl sites for hydroxylation is 1. The third-order valence-corrected chi connectivity index (χ3v) is 4.19. The first-order chi connectivity index (χ1) is 12.7. The van der Waals surface area contributed by atoms with Crippen molar-refractivity contribution in [1.82, 2.24) is 15.3 Å². The number of anilines is 2. The molecule has 2 N–H and O–H groups in total. The SMILES string of the molecule is CCc1ccccc1Nc1cnc(C(=O)NC(C)c2ccccc2)cn1. The van der Waals surface area contributed by atoms with Gasteiger partial charge in [-0.1, -0.05) is 55.5 Å². The zero-order valence-corrected chi connectivity index (χ0v) is 14.9. The van der Waals surface area contributed by atoms with Gasteiger partial charge in [-0.2, -0.15) is 0 Å². The normalized spacial score (nSPS) is 11.6. The molecular weight excluding hydrogens is 324 g/mol. The Hall–Kier alpha value is -3.21. The van der Waals surface area contributed by atoms with Gasteiger partial charge in [0.1, 0.15) is 11.5 Å². The summed E-state index contributed by atoms with van der Waals surface area (Å²) < 4.78 is 0. The fourth-order valence-electron chi connectivity index (χ4n) is 2.69. The van der Waals surface area contributed by atoms with E-state index in [1.54, 1.807) is 6.20 Å². The lowest BCUT2D eigenvalue weighted by Gasteiger charge is -2.14. The van der Waals surface area contributed by atoms with E-state index in [4.69, 9.17) is 0 Å². The smallest absolute Gasteiger partial charge is 0.271 e. The van der Waals surface area contributed by atoms with Gasteiger partial charge in [0.25, 0.3) is 5.91 Å². The minimum absolute atomic E-state index is 0.0975. The van der Waals surface area contributed by atoms with Crippen LogP contribution in [0.15, 0.2) is 67.0 Å². The Labute approximate surface area is 153 Å². The second kappa shape index (κ2) is 8.25. The molecule has 26 heavy (non-hydrogen) atoms. The summed E-state index contributed by atoms with van der Waals surface area (Å²) in [4.78, 5) is 20.9. The predicted molar refractivity (Wildman–Crippen MR) is 103 cm³/mol. The summed E-state index contributed by atoms with van der Waals surface area (Å²) >= 11 is 0. The number of carbonyl (C=O) groups is 1. The number of para-hydroxylation sites is 1. The molecule has 132 valence electrons. The lowest BCUT2D eigenvalue weighted by Crippen LogP contribution is -2.27. The van der Waals surface area contributed by atoms with Crippen LogP contribution in [-0.4, -0.2) is 15.9 Å². The number of amides is 1. The topological polar surface area (TPSA) is 66.9 Å². The van der Waals surface area contributed by atoms with E-state index in [1.807, 2.05) is 55.5 Å². The van der Waals surface area contributed by atoms with Crippen LogP contribution < -0.4 is 10.6 Å². The average Bonchev–Trinajstić information content (AvgIpc) is 2.69. The van der Waals surface area contributed by atoms with Gasteiger partial charge in [-0.15, -0.1) is 0 Å². The maximum absolute atomic E-state index is 12.4. The number of nitrogens with one attached hydrogen (secondary N) is 2. The first kappa shape index (κ1) is 17.6. The minimum Gasteiger partial charge on any atom is -0.344 e. The quantitative estimate of drug-likeness (QED) is 0.699. The zero-order chi connectivity index (χ0) is 18.4. The number of benzene rings is 2.